The van der Waals surface area contributed by atoms with Gasteiger partial charge < -0.3 is 4.90 Å². The fraction of sp³-hybridized carbons (Fsp3) is 0.286. The number of carbonyl (C=O) groups is 1. The smallest absolute Gasteiger partial charge is 0.228 e. The van der Waals surface area contributed by atoms with Gasteiger partial charge >= 0.3 is 0 Å². The van der Waals surface area contributed by atoms with Crippen LogP contribution in [-0.4, -0.2) is 22.8 Å². The molecule has 2 aromatic rings. The zero-order valence-corrected chi connectivity index (χ0v) is 11.4. The molecule has 0 atom stereocenters. The number of thiophene rings is 1. The summed E-state index contributed by atoms with van der Waals surface area (Å²) in [4.78, 5) is 19.2. The van der Waals surface area contributed by atoms with Gasteiger partial charge in [-0.2, -0.15) is 0 Å². The van der Waals surface area contributed by atoms with Crippen molar-refractivity contribution in [2.24, 2.45) is 0 Å². The molecule has 0 unspecified atom stereocenters. The van der Waals surface area contributed by atoms with E-state index in [0.717, 1.165) is 5.69 Å². The highest BCUT2D eigenvalue weighted by molar-refractivity contribution is 7.10. The fourth-order valence-electron chi connectivity index (χ4n) is 1.66. The predicted octanol–water partition coefficient (Wildman–Crippen LogP) is 2.65. The summed E-state index contributed by atoms with van der Waals surface area (Å²) in [5.41, 5.74) is 2.06. The van der Waals surface area contributed by atoms with E-state index < -0.39 is 0 Å². The van der Waals surface area contributed by atoms with E-state index in [1.807, 2.05) is 25.2 Å². The van der Waals surface area contributed by atoms with Crippen LogP contribution < -0.4 is 0 Å². The molecule has 0 fully saturated rings. The van der Waals surface area contributed by atoms with Gasteiger partial charge in [-0.05, 0) is 36.1 Å². The van der Waals surface area contributed by atoms with Gasteiger partial charge in [0.05, 0.1) is 13.0 Å². The van der Waals surface area contributed by atoms with Gasteiger partial charge in [-0.25, -0.2) is 0 Å². The number of hydrogen-bond donors (Lipinski definition) is 0. The zero-order valence-electron chi connectivity index (χ0n) is 10.6. The molecular formula is C14H16N2OS. The molecule has 3 nitrogen and oxygen atoms in total. The number of aryl methyl sites for hydroxylation is 1. The third-order valence-corrected chi connectivity index (χ3v) is 3.84. The normalized spacial score (nSPS) is 10.3. The van der Waals surface area contributed by atoms with E-state index in [2.05, 4.69) is 23.4 Å². The van der Waals surface area contributed by atoms with Crippen molar-refractivity contribution in [2.45, 2.75) is 19.9 Å². The first-order valence-electron chi connectivity index (χ1n) is 5.83. The molecule has 0 aromatic carbocycles. The summed E-state index contributed by atoms with van der Waals surface area (Å²) in [5.74, 6) is 0.0986. The topological polar surface area (TPSA) is 33.2 Å². The van der Waals surface area contributed by atoms with E-state index in [9.17, 15) is 4.79 Å². The number of rotatable bonds is 4. The van der Waals surface area contributed by atoms with Gasteiger partial charge in [0.15, 0.2) is 0 Å². The average molecular weight is 260 g/mol. The molecule has 0 bridgehead atoms. The lowest BCUT2D eigenvalue weighted by atomic mass is 10.2. The Hall–Kier alpha value is -1.68. The molecule has 4 heteroatoms. The van der Waals surface area contributed by atoms with Crippen LogP contribution in [0.1, 0.15) is 16.1 Å². The fourth-order valence-corrected chi connectivity index (χ4v) is 2.62. The number of hydrogen-bond acceptors (Lipinski definition) is 3. The Balaban J connectivity index is 1.95. The van der Waals surface area contributed by atoms with E-state index in [1.165, 1.54) is 10.4 Å². The Morgan fingerprint density at radius 1 is 1.39 bits per heavy atom. The number of pyridine rings is 1. The maximum Gasteiger partial charge on any atom is 0.228 e. The Labute approximate surface area is 111 Å². The van der Waals surface area contributed by atoms with Gasteiger partial charge in [0.1, 0.15) is 0 Å². The van der Waals surface area contributed by atoms with Crippen molar-refractivity contribution in [2.75, 3.05) is 7.05 Å². The summed E-state index contributed by atoms with van der Waals surface area (Å²) in [7, 11) is 1.84. The van der Waals surface area contributed by atoms with Crippen LogP contribution in [0, 0.1) is 6.92 Å². The first kappa shape index (κ1) is 12.8. The highest BCUT2D eigenvalue weighted by atomic mass is 32.1. The number of nitrogens with zero attached hydrogens (tertiary/aromatic N) is 2. The first-order valence-corrected chi connectivity index (χ1v) is 6.71. The molecule has 0 aliphatic heterocycles. The lowest BCUT2D eigenvalue weighted by molar-refractivity contribution is -0.129. The van der Waals surface area contributed by atoms with Gasteiger partial charge in [0.25, 0.3) is 0 Å². The summed E-state index contributed by atoms with van der Waals surface area (Å²) in [6.45, 7) is 2.75. The highest BCUT2D eigenvalue weighted by Crippen LogP contribution is 2.17. The maximum absolute atomic E-state index is 12.0. The van der Waals surface area contributed by atoms with Crippen LogP contribution >= 0.6 is 11.3 Å². The molecule has 2 aromatic heterocycles. The van der Waals surface area contributed by atoms with E-state index in [1.54, 1.807) is 22.4 Å². The predicted molar refractivity (Wildman–Crippen MR) is 73.5 cm³/mol. The molecule has 0 spiro atoms. The van der Waals surface area contributed by atoms with Crippen LogP contribution in [0.2, 0.25) is 0 Å². The third kappa shape index (κ3) is 3.17. The van der Waals surface area contributed by atoms with Crippen LogP contribution in [-0.2, 0) is 17.8 Å². The molecule has 0 radical (unpaired) electrons. The van der Waals surface area contributed by atoms with E-state index in [4.69, 9.17) is 0 Å². The summed E-state index contributed by atoms with van der Waals surface area (Å²) in [5, 5.41) is 2.06. The van der Waals surface area contributed by atoms with E-state index in [0.29, 0.717) is 13.0 Å². The quantitative estimate of drug-likeness (QED) is 0.846. The zero-order chi connectivity index (χ0) is 13.0. The molecule has 2 rings (SSSR count). The Bertz CT molecular complexity index is 522. The summed E-state index contributed by atoms with van der Waals surface area (Å²) >= 11 is 1.69. The van der Waals surface area contributed by atoms with Crippen LogP contribution in [0.4, 0.5) is 0 Å². The Morgan fingerprint density at radius 2 is 2.22 bits per heavy atom. The minimum Gasteiger partial charge on any atom is -0.340 e. The average Bonchev–Trinajstić information content (AvgIpc) is 2.76. The molecule has 0 saturated heterocycles. The van der Waals surface area contributed by atoms with Crippen molar-refractivity contribution in [1.29, 1.82) is 0 Å². The van der Waals surface area contributed by atoms with Gasteiger partial charge in [-0.1, -0.05) is 6.07 Å². The monoisotopic (exact) mass is 260 g/mol. The second-order valence-corrected chi connectivity index (χ2v) is 5.28. The highest BCUT2D eigenvalue weighted by Gasteiger charge is 2.12. The molecule has 0 saturated carbocycles. The summed E-state index contributed by atoms with van der Waals surface area (Å²) < 4.78 is 0. The lowest BCUT2D eigenvalue weighted by Crippen LogP contribution is -2.27. The maximum atomic E-state index is 12.0. The van der Waals surface area contributed by atoms with Gasteiger partial charge in [0.2, 0.25) is 5.91 Å². The van der Waals surface area contributed by atoms with E-state index >= 15 is 0 Å². The van der Waals surface area contributed by atoms with Crippen molar-refractivity contribution in [1.82, 2.24) is 9.88 Å². The largest absolute Gasteiger partial charge is 0.340 e. The van der Waals surface area contributed by atoms with Crippen molar-refractivity contribution in [3.63, 3.8) is 0 Å². The van der Waals surface area contributed by atoms with Crippen molar-refractivity contribution in [3.8, 4) is 0 Å². The number of likely N-dealkylation sites (N-methyl/N-ethyl adjacent to an activating group) is 1. The first-order chi connectivity index (χ1) is 8.66. The SMILES string of the molecule is Cc1ccsc1CN(C)C(=O)Cc1ccccn1. The van der Waals surface area contributed by atoms with Crippen LogP contribution in [0.25, 0.3) is 0 Å². The van der Waals surface area contributed by atoms with Gasteiger partial charge in [-0.15, -0.1) is 11.3 Å². The molecule has 0 N–H and O–H groups in total. The summed E-state index contributed by atoms with van der Waals surface area (Å²) in [6.07, 6.45) is 2.08. The van der Waals surface area contributed by atoms with Crippen molar-refractivity contribution < 1.29 is 4.79 Å². The van der Waals surface area contributed by atoms with Gasteiger partial charge in [-0.3, -0.25) is 9.78 Å². The molecule has 0 aliphatic carbocycles. The minimum atomic E-state index is 0.0986. The van der Waals surface area contributed by atoms with Crippen LogP contribution in [0.5, 0.6) is 0 Å². The second kappa shape index (κ2) is 5.78. The molecule has 94 valence electrons. The third-order valence-electron chi connectivity index (χ3n) is 2.83. The van der Waals surface area contributed by atoms with Crippen LogP contribution in [0.3, 0.4) is 0 Å². The lowest BCUT2D eigenvalue weighted by Gasteiger charge is -2.16. The molecule has 1 amide bonds. The molecule has 18 heavy (non-hydrogen) atoms. The van der Waals surface area contributed by atoms with Crippen molar-refractivity contribution >= 4 is 17.2 Å². The van der Waals surface area contributed by atoms with Gasteiger partial charge in [0, 0.05) is 23.8 Å². The minimum absolute atomic E-state index is 0.0986. The molecule has 2 heterocycles. The van der Waals surface area contributed by atoms with Crippen molar-refractivity contribution in [3.05, 3.63) is 52.0 Å². The standard InChI is InChI=1S/C14H16N2OS/c1-11-6-8-18-13(11)10-16(2)14(17)9-12-5-3-4-7-15-12/h3-8H,9-10H2,1-2H3. The molecular weight excluding hydrogens is 244 g/mol. The number of aromatic nitrogens is 1. The Morgan fingerprint density at radius 3 is 2.83 bits per heavy atom. The summed E-state index contributed by atoms with van der Waals surface area (Å²) in [6, 6.07) is 7.71. The van der Waals surface area contributed by atoms with Crippen LogP contribution in [0.15, 0.2) is 35.8 Å². The Kier molecular flexibility index (Phi) is 4.10. The number of amides is 1. The number of carbonyl (C=O) groups excluding carboxylic acids is 1. The molecule has 0 aliphatic rings. The van der Waals surface area contributed by atoms with E-state index in [-0.39, 0.29) is 5.91 Å². The second-order valence-electron chi connectivity index (χ2n) is 4.27.